The molecule has 1 aromatic carbocycles. The lowest BCUT2D eigenvalue weighted by atomic mass is 10.2. The van der Waals surface area contributed by atoms with Crippen molar-refractivity contribution < 1.29 is 27.5 Å². The molecule has 6 N–H and O–H groups in total. The Morgan fingerprint density at radius 2 is 1.68 bits per heavy atom. The molecule has 0 saturated heterocycles. The fourth-order valence-electron chi connectivity index (χ4n) is 0.665. The van der Waals surface area contributed by atoms with E-state index in [0.29, 0.717) is 6.07 Å². The molecule has 0 fully saturated rings. The van der Waals surface area contributed by atoms with E-state index in [0.717, 1.165) is 25.1 Å². The van der Waals surface area contributed by atoms with Gasteiger partial charge in [-0.25, -0.2) is 4.39 Å². The molecular formula is C10H13F4N3O2. The van der Waals surface area contributed by atoms with E-state index in [4.69, 9.17) is 15.3 Å². The quantitative estimate of drug-likeness (QED) is 0.330. The van der Waals surface area contributed by atoms with Gasteiger partial charge in [0.15, 0.2) is 5.96 Å². The van der Waals surface area contributed by atoms with Crippen molar-refractivity contribution in [2.45, 2.75) is 13.1 Å². The van der Waals surface area contributed by atoms with Gasteiger partial charge in [0.05, 0.1) is 5.56 Å². The third kappa shape index (κ3) is 15.7. The van der Waals surface area contributed by atoms with Crippen LogP contribution in [0.1, 0.15) is 12.5 Å². The predicted octanol–water partition coefficient (Wildman–Crippen LogP) is 1.77. The smallest absolute Gasteiger partial charge is 0.416 e. The Bertz CT molecular complexity index is 401. The molecule has 0 amide bonds. The van der Waals surface area contributed by atoms with Crippen molar-refractivity contribution >= 4 is 11.9 Å². The maximum atomic E-state index is 12.2. The highest BCUT2D eigenvalue weighted by atomic mass is 19.4. The monoisotopic (exact) mass is 283 g/mol. The summed E-state index contributed by atoms with van der Waals surface area (Å²) in [7, 11) is 0. The van der Waals surface area contributed by atoms with Crippen LogP contribution in [0.15, 0.2) is 24.3 Å². The molecule has 108 valence electrons. The molecule has 1 aromatic rings. The zero-order valence-corrected chi connectivity index (χ0v) is 9.83. The second-order valence-electron chi connectivity index (χ2n) is 2.98. The number of rotatable bonds is 0. The maximum Gasteiger partial charge on any atom is 0.416 e. The average Bonchev–Trinajstić information content (AvgIpc) is 2.14. The lowest BCUT2D eigenvalue weighted by Crippen LogP contribution is -2.20. The van der Waals surface area contributed by atoms with Gasteiger partial charge >= 0.3 is 6.18 Å². The van der Waals surface area contributed by atoms with Crippen molar-refractivity contribution in [1.29, 1.82) is 5.41 Å². The number of carboxylic acids is 1. The summed E-state index contributed by atoms with van der Waals surface area (Å²) >= 11 is 0. The van der Waals surface area contributed by atoms with Gasteiger partial charge in [-0.1, -0.05) is 6.07 Å². The fourth-order valence-corrected chi connectivity index (χ4v) is 0.665. The van der Waals surface area contributed by atoms with E-state index >= 15 is 0 Å². The van der Waals surface area contributed by atoms with Crippen molar-refractivity contribution in [3.63, 3.8) is 0 Å². The zero-order chi connectivity index (χ0) is 15.6. The molecule has 0 aromatic heterocycles. The molecule has 0 aliphatic carbocycles. The lowest BCUT2D eigenvalue weighted by molar-refractivity contribution is -0.138. The molecule has 0 aliphatic heterocycles. The minimum absolute atomic E-state index is 0.333. The van der Waals surface area contributed by atoms with Crippen LogP contribution in [0.4, 0.5) is 17.6 Å². The number of carboxylic acid groups (broad SMARTS) is 1. The summed E-state index contributed by atoms with van der Waals surface area (Å²) in [5, 5.41) is 13.5. The fraction of sp³-hybridized carbons (Fsp3) is 0.200. The van der Waals surface area contributed by atoms with Crippen molar-refractivity contribution in [2.75, 3.05) is 0 Å². The van der Waals surface area contributed by atoms with Crippen LogP contribution in [0.3, 0.4) is 0 Å². The minimum atomic E-state index is -4.46. The highest BCUT2D eigenvalue weighted by molar-refractivity contribution is 5.71. The third-order valence-electron chi connectivity index (χ3n) is 1.15. The number of hydrogen-bond donors (Lipinski definition) is 4. The van der Waals surface area contributed by atoms with Crippen LogP contribution in [-0.4, -0.2) is 17.0 Å². The van der Waals surface area contributed by atoms with Crippen LogP contribution in [0.25, 0.3) is 0 Å². The van der Waals surface area contributed by atoms with Gasteiger partial charge in [0.1, 0.15) is 5.82 Å². The summed E-state index contributed by atoms with van der Waals surface area (Å²) in [4.78, 5) is 9.00. The summed E-state index contributed by atoms with van der Waals surface area (Å²) in [5.41, 5.74) is 7.98. The van der Waals surface area contributed by atoms with Crippen LogP contribution >= 0.6 is 0 Å². The van der Waals surface area contributed by atoms with Gasteiger partial charge in [-0.05, 0) is 18.2 Å². The van der Waals surface area contributed by atoms with Crippen LogP contribution in [-0.2, 0) is 11.0 Å². The number of nitrogens with one attached hydrogen (secondary N) is 1. The van der Waals surface area contributed by atoms with Crippen molar-refractivity contribution in [2.24, 2.45) is 11.5 Å². The highest BCUT2D eigenvalue weighted by Gasteiger charge is 2.30. The summed E-state index contributed by atoms with van der Waals surface area (Å²) in [6, 6.07) is 3.27. The number of alkyl halides is 3. The summed E-state index contributed by atoms with van der Waals surface area (Å²) in [6.07, 6.45) is -4.46. The molecule has 19 heavy (non-hydrogen) atoms. The minimum Gasteiger partial charge on any atom is -0.481 e. The van der Waals surface area contributed by atoms with Crippen molar-refractivity contribution in [3.8, 4) is 0 Å². The summed E-state index contributed by atoms with van der Waals surface area (Å²) in [6.45, 7) is 1.08. The second kappa shape index (κ2) is 8.72. The van der Waals surface area contributed by atoms with E-state index in [1.165, 1.54) is 0 Å². The van der Waals surface area contributed by atoms with Crippen LogP contribution in [0.5, 0.6) is 0 Å². The molecule has 0 saturated carbocycles. The van der Waals surface area contributed by atoms with Gasteiger partial charge in [-0.3, -0.25) is 10.2 Å². The normalized spacial score (nSPS) is 9.32. The van der Waals surface area contributed by atoms with Gasteiger partial charge < -0.3 is 16.6 Å². The van der Waals surface area contributed by atoms with E-state index in [1.807, 2.05) is 0 Å². The molecule has 1 rings (SSSR count). The Balaban J connectivity index is 0. The molecular weight excluding hydrogens is 270 g/mol. The Morgan fingerprint density at radius 3 is 1.89 bits per heavy atom. The zero-order valence-electron chi connectivity index (χ0n) is 9.83. The number of guanidine groups is 1. The molecule has 0 unspecified atom stereocenters. The lowest BCUT2D eigenvalue weighted by Gasteiger charge is -2.04. The average molecular weight is 283 g/mol. The van der Waals surface area contributed by atoms with Gasteiger partial charge in [-0.2, -0.15) is 13.2 Å². The summed E-state index contributed by atoms with van der Waals surface area (Å²) < 4.78 is 47.6. The number of hydrogen-bond acceptors (Lipinski definition) is 2. The van der Waals surface area contributed by atoms with Gasteiger partial charge in [-0.15, -0.1) is 0 Å². The molecule has 5 nitrogen and oxygen atoms in total. The molecule has 0 spiro atoms. The number of benzene rings is 1. The van der Waals surface area contributed by atoms with Crippen molar-refractivity contribution in [3.05, 3.63) is 35.6 Å². The Hall–Kier alpha value is -2.32. The third-order valence-corrected chi connectivity index (χ3v) is 1.15. The topological polar surface area (TPSA) is 113 Å². The van der Waals surface area contributed by atoms with Crippen LogP contribution in [0.2, 0.25) is 0 Å². The van der Waals surface area contributed by atoms with E-state index in [1.54, 1.807) is 0 Å². The largest absolute Gasteiger partial charge is 0.481 e. The van der Waals surface area contributed by atoms with Gasteiger partial charge in [0.2, 0.25) is 0 Å². The molecule has 0 aliphatic rings. The number of carbonyl (C=O) groups is 1. The molecule has 0 radical (unpaired) electrons. The number of aliphatic carboxylic acids is 1. The predicted molar refractivity (Wildman–Crippen MR) is 60.8 cm³/mol. The van der Waals surface area contributed by atoms with E-state index in [2.05, 4.69) is 11.5 Å². The maximum absolute atomic E-state index is 12.2. The van der Waals surface area contributed by atoms with Crippen molar-refractivity contribution in [1.82, 2.24) is 0 Å². The van der Waals surface area contributed by atoms with Crippen LogP contribution in [0, 0.1) is 11.2 Å². The molecule has 0 bridgehead atoms. The molecule has 0 heterocycles. The first-order valence-corrected chi connectivity index (χ1v) is 4.58. The SMILES string of the molecule is CC(=O)O.Fc1cccc(C(F)(F)F)c1.N=C(N)N. The van der Waals surface area contributed by atoms with E-state index < -0.39 is 23.5 Å². The molecule has 0 atom stereocenters. The first-order valence-electron chi connectivity index (χ1n) is 4.58. The van der Waals surface area contributed by atoms with Gasteiger partial charge in [0, 0.05) is 6.92 Å². The first-order chi connectivity index (χ1) is 8.46. The highest BCUT2D eigenvalue weighted by Crippen LogP contribution is 2.28. The van der Waals surface area contributed by atoms with Crippen LogP contribution < -0.4 is 11.5 Å². The van der Waals surface area contributed by atoms with Gasteiger partial charge in [0.25, 0.3) is 5.97 Å². The second-order valence-corrected chi connectivity index (χ2v) is 2.98. The Kier molecular flexibility index (Phi) is 8.74. The first kappa shape index (κ1) is 19.0. The van der Waals surface area contributed by atoms with E-state index in [-0.39, 0.29) is 5.96 Å². The summed E-state index contributed by atoms with van der Waals surface area (Å²) in [5.74, 6) is -2.04. The Labute approximate surface area is 106 Å². The number of halogens is 4. The number of nitrogens with two attached hydrogens (primary N) is 2. The standard InChI is InChI=1S/C7H4F4.C2H4O2.CH5N3/c8-6-3-1-2-5(4-6)7(9,10)11;1-2(3)4;2-1(3)4/h1-4H;1H3,(H,3,4);(H5,2,3,4). The van der Waals surface area contributed by atoms with E-state index in [9.17, 15) is 17.6 Å². The Morgan fingerprint density at radius 1 is 1.32 bits per heavy atom. The molecule has 9 heteroatoms.